The third-order valence-corrected chi connectivity index (χ3v) is 3.11. The van der Waals surface area contributed by atoms with Gasteiger partial charge in [-0.05, 0) is 13.8 Å². The maximum Gasteiger partial charge on any atom is 0.325 e. The number of amides is 1. The summed E-state index contributed by atoms with van der Waals surface area (Å²) in [7, 11) is 0. The van der Waals surface area contributed by atoms with E-state index < -0.39 is 5.97 Å². The molecule has 6 nitrogen and oxygen atoms in total. The van der Waals surface area contributed by atoms with Gasteiger partial charge in [0.05, 0.1) is 12.3 Å². The first kappa shape index (κ1) is 12.6. The van der Waals surface area contributed by atoms with Crippen LogP contribution in [-0.4, -0.2) is 34.4 Å². The quantitative estimate of drug-likeness (QED) is 0.839. The molecule has 0 aliphatic rings. The monoisotopic (exact) mass is 267 g/mol. The van der Waals surface area contributed by atoms with Crippen molar-refractivity contribution in [3.05, 3.63) is 23.0 Å². The van der Waals surface area contributed by atoms with Crippen LogP contribution in [0.3, 0.4) is 0 Å². The van der Waals surface area contributed by atoms with E-state index >= 15 is 0 Å². The molecule has 1 N–H and O–H groups in total. The van der Waals surface area contributed by atoms with Crippen LogP contribution >= 0.6 is 11.3 Å². The van der Waals surface area contributed by atoms with Crippen LogP contribution in [0.5, 0.6) is 0 Å². The van der Waals surface area contributed by atoms with Gasteiger partial charge in [-0.2, -0.15) is 0 Å². The molecular weight excluding hydrogens is 254 g/mol. The van der Waals surface area contributed by atoms with Gasteiger partial charge < -0.3 is 10.1 Å². The Morgan fingerprint density at radius 1 is 1.56 bits per heavy atom. The summed E-state index contributed by atoms with van der Waals surface area (Å²) in [6.45, 7) is 3.65. The summed E-state index contributed by atoms with van der Waals surface area (Å²) >= 11 is 1.45. The highest BCUT2D eigenvalue weighted by Crippen LogP contribution is 2.16. The molecule has 7 heteroatoms. The van der Waals surface area contributed by atoms with E-state index in [9.17, 15) is 9.59 Å². The second-order valence-electron chi connectivity index (χ2n) is 3.59. The van der Waals surface area contributed by atoms with Gasteiger partial charge in [-0.25, -0.2) is 4.98 Å². The standard InChI is InChI=1S/C11H13N3O3S/c1-3-17-8(15)6-12-10(16)9-7(2)13-11-14(9)4-5-18-11/h4-5H,3,6H2,1-2H3,(H,12,16). The van der Waals surface area contributed by atoms with Crippen molar-refractivity contribution in [2.45, 2.75) is 13.8 Å². The Hall–Kier alpha value is -1.89. The lowest BCUT2D eigenvalue weighted by Gasteiger charge is -2.04. The van der Waals surface area contributed by atoms with Crippen molar-refractivity contribution >= 4 is 28.2 Å². The number of ether oxygens (including phenoxy) is 1. The maximum atomic E-state index is 12.0. The zero-order chi connectivity index (χ0) is 13.1. The molecule has 0 fully saturated rings. The lowest BCUT2D eigenvalue weighted by atomic mass is 10.3. The molecule has 2 heterocycles. The van der Waals surface area contributed by atoms with Crippen molar-refractivity contribution < 1.29 is 14.3 Å². The number of rotatable bonds is 4. The molecule has 0 unspecified atom stereocenters. The first-order chi connectivity index (χ1) is 8.63. The Bertz CT molecular complexity index is 587. The number of hydrogen-bond donors (Lipinski definition) is 1. The molecule has 0 radical (unpaired) electrons. The Kier molecular flexibility index (Phi) is 3.61. The van der Waals surface area contributed by atoms with Crippen molar-refractivity contribution in [2.24, 2.45) is 0 Å². The number of esters is 1. The first-order valence-electron chi connectivity index (χ1n) is 5.49. The Morgan fingerprint density at radius 3 is 3.06 bits per heavy atom. The number of fused-ring (bicyclic) bond motifs is 1. The summed E-state index contributed by atoms with van der Waals surface area (Å²) in [6, 6.07) is 0. The predicted octanol–water partition coefficient (Wildman–Crippen LogP) is 0.997. The zero-order valence-corrected chi connectivity index (χ0v) is 10.9. The molecule has 0 aliphatic carbocycles. The molecule has 0 spiro atoms. The predicted molar refractivity (Wildman–Crippen MR) is 66.8 cm³/mol. The summed E-state index contributed by atoms with van der Waals surface area (Å²) < 4.78 is 6.45. The summed E-state index contributed by atoms with van der Waals surface area (Å²) in [5, 5.41) is 4.37. The minimum atomic E-state index is -0.449. The van der Waals surface area contributed by atoms with E-state index in [2.05, 4.69) is 10.3 Å². The molecule has 2 aromatic heterocycles. The third kappa shape index (κ3) is 2.35. The van der Waals surface area contributed by atoms with E-state index in [0.29, 0.717) is 18.0 Å². The number of carbonyl (C=O) groups excluding carboxylic acids is 2. The number of aromatic nitrogens is 2. The minimum absolute atomic E-state index is 0.135. The molecule has 2 rings (SSSR count). The average molecular weight is 267 g/mol. The van der Waals surface area contributed by atoms with Crippen LogP contribution in [0.15, 0.2) is 11.6 Å². The Labute approximate surface area is 108 Å². The summed E-state index contributed by atoms with van der Waals surface area (Å²) in [5.41, 5.74) is 1.10. The van der Waals surface area contributed by atoms with Gasteiger partial charge in [0.1, 0.15) is 12.2 Å². The van der Waals surface area contributed by atoms with Gasteiger partial charge in [0.15, 0.2) is 4.96 Å². The van der Waals surface area contributed by atoms with E-state index in [1.807, 2.05) is 5.38 Å². The highest BCUT2D eigenvalue weighted by atomic mass is 32.1. The average Bonchev–Trinajstić information content (AvgIpc) is 2.86. The maximum absolute atomic E-state index is 12.0. The minimum Gasteiger partial charge on any atom is -0.465 e. The first-order valence-corrected chi connectivity index (χ1v) is 6.37. The second-order valence-corrected chi connectivity index (χ2v) is 4.46. The molecule has 0 saturated heterocycles. The van der Waals surface area contributed by atoms with Gasteiger partial charge >= 0.3 is 5.97 Å². The summed E-state index contributed by atoms with van der Waals surface area (Å²) in [6.07, 6.45) is 1.78. The van der Waals surface area contributed by atoms with Crippen LogP contribution in [0.1, 0.15) is 23.1 Å². The van der Waals surface area contributed by atoms with Crippen LogP contribution in [0.25, 0.3) is 4.96 Å². The van der Waals surface area contributed by atoms with E-state index in [-0.39, 0.29) is 12.5 Å². The van der Waals surface area contributed by atoms with Crippen LogP contribution in [-0.2, 0) is 9.53 Å². The van der Waals surface area contributed by atoms with Crippen LogP contribution in [0.4, 0.5) is 0 Å². The van der Waals surface area contributed by atoms with Crippen molar-refractivity contribution in [2.75, 3.05) is 13.2 Å². The van der Waals surface area contributed by atoms with Gasteiger partial charge in [-0.3, -0.25) is 14.0 Å². The zero-order valence-electron chi connectivity index (χ0n) is 10.1. The molecule has 0 saturated carbocycles. The summed E-state index contributed by atoms with van der Waals surface area (Å²) in [4.78, 5) is 28.2. The lowest BCUT2D eigenvalue weighted by Crippen LogP contribution is -2.31. The molecular formula is C11H13N3O3S. The highest BCUT2D eigenvalue weighted by molar-refractivity contribution is 7.15. The third-order valence-electron chi connectivity index (χ3n) is 2.35. The number of aryl methyl sites for hydroxylation is 1. The fraction of sp³-hybridized carbons (Fsp3) is 0.364. The molecule has 2 aromatic rings. The SMILES string of the molecule is CCOC(=O)CNC(=O)c1c(C)nc2sccn12. The number of nitrogens with one attached hydrogen (secondary N) is 1. The normalized spacial score (nSPS) is 10.6. The van der Waals surface area contributed by atoms with Crippen LogP contribution in [0.2, 0.25) is 0 Å². The fourth-order valence-electron chi connectivity index (χ4n) is 1.62. The van der Waals surface area contributed by atoms with Gasteiger partial charge in [-0.1, -0.05) is 0 Å². The number of thiazole rings is 1. The molecule has 0 aliphatic heterocycles. The van der Waals surface area contributed by atoms with Crippen LogP contribution < -0.4 is 5.32 Å². The Morgan fingerprint density at radius 2 is 2.33 bits per heavy atom. The summed E-state index contributed by atoms with van der Waals surface area (Å²) in [5.74, 6) is -0.777. The molecule has 1 amide bonds. The van der Waals surface area contributed by atoms with Crippen LogP contribution in [0, 0.1) is 6.92 Å². The lowest BCUT2D eigenvalue weighted by molar-refractivity contribution is -0.141. The number of nitrogens with zero attached hydrogens (tertiary/aromatic N) is 2. The number of carbonyl (C=O) groups is 2. The smallest absolute Gasteiger partial charge is 0.325 e. The molecule has 0 aromatic carbocycles. The van der Waals surface area contributed by atoms with Crippen molar-refractivity contribution in [3.8, 4) is 0 Å². The second kappa shape index (κ2) is 5.18. The number of imidazole rings is 1. The van der Waals surface area contributed by atoms with Gasteiger partial charge in [-0.15, -0.1) is 11.3 Å². The topological polar surface area (TPSA) is 72.7 Å². The largest absolute Gasteiger partial charge is 0.465 e. The molecule has 96 valence electrons. The van der Waals surface area contributed by atoms with E-state index in [0.717, 1.165) is 4.96 Å². The molecule has 0 bridgehead atoms. The van der Waals surface area contributed by atoms with Gasteiger partial charge in [0.25, 0.3) is 5.91 Å². The van der Waals surface area contributed by atoms with Crippen molar-refractivity contribution in [3.63, 3.8) is 0 Å². The van der Waals surface area contributed by atoms with Crippen molar-refractivity contribution in [1.29, 1.82) is 0 Å². The van der Waals surface area contributed by atoms with E-state index in [4.69, 9.17) is 4.74 Å². The fourth-order valence-corrected chi connectivity index (χ4v) is 2.38. The van der Waals surface area contributed by atoms with Crippen molar-refractivity contribution in [1.82, 2.24) is 14.7 Å². The number of hydrogen-bond acceptors (Lipinski definition) is 5. The Balaban J connectivity index is 2.11. The van der Waals surface area contributed by atoms with Gasteiger partial charge in [0, 0.05) is 11.6 Å². The van der Waals surface area contributed by atoms with Gasteiger partial charge in [0.2, 0.25) is 0 Å². The van der Waals surface area contributed by atoms with E-state index in [1.165, 1.54) is 11.3 Å². The molecule has 18 heavy (non-hydrogen) atoms. The molecule has 0 atom stereocenters. The van der Waals surface area contributed by atoms with E-state index in [1.54, 1.807) is 24.4 Å². The highest BCUT2D eigenvalue weighted by Gasteiger charge is 2.17.